The predicted molar refractivity (Wildman–Crippen MR) is 152 cm³/mol. The number of nitrogens with zero attached hydrogens (tertiary/aromatic N) is 1. The molecule has 1 heterocycles. The third-order valence-electron chi connectivity index (χ3n) is 7.48. The molecule has 1 fully saturated rings. The molecular weight excluding hydrogens is 484 g/mol. The van der Waals surface area contributed by atoms with E-state index in [1.807, 2.05) is 0 Å². The first-order valence-electron chi connectivity index (χ1n) is 13.9. The Morgan fingerprint density at radius 3 is 1.95 bits per heavy atom. The second-order valence-corrected chi connectivity index (χ2v) is 15.2. The second kappa shape index (κ2) is 14.5. The molecule has 0 saturated carbocycles. The van der Waals surface area contributed by atoms with Crippen molar-refractivity contribution in [3.63, 3.8) is 0 Å². The maximum Gasteiger partial charge on any atom is 0.500 e. The highest BCUT2D eigenvalue weighted by atomic mass is 28.4. The fraction of sp³-hybridized carbons (Fsp3) is 0.793. The molecule has 1 aromatic rings. The maximum atomic E-state index is 6.77. The molecule has 0 aliphatic carbocycles. The number of ether oxygens (including phenoxy) is 1. The zero-order valence-electron chi connectivity index (χ0n) is 25.0. The summed E-state index contributed by atoms with van der Waals surface area (Å²) in [7, 11) is 2.57. The fourth-order valence-corrected chi connectivity index (χ4v) is 7.55. The van der Waals surface area contributed by atoms with Gasteiger partial charge < -0.3 is 23.7 Å². The van der Waals surface area contributed by atoms with Gasteiger partial charge in [-0.25, -0.2) is 0 Å². The first kappa shape index (κ1) is 32.4. The van der Waals surface area contributed by atoms with E-state index in [0.29, 0.717) is 12.5 Å². The average Bonchev–Trinajstić information content (AvgIpc) is 2.82. The lowest BCUT2D eigenvalue weighted by Crippen LogP contribution is -2.63. The molecule has 1 aliphatic rings. The largest absolute Gasteiger partial charge is 0.500 e. The Morgan fingerprint density at radius 1 is 0.892 bits per heavy atom. The van der Waals surface area contributed by atoms with Gasteiger partial charge in [-0.2, -0.15) is 5.06 Å². The zero-order valence-corrected chi connectivity index (χ0v) is 26.0. The Hall–Kier alpha value is -0.843. The lowest BCUT2D eigenvalue weighted by atomic mass is 9.79. The summed E-state index contributed by atoms with van der Waals surface area (Å²) in [6.45, 7) is 14.8. The van der Waals surface area contributed by atoms with Crippen molar-refractivity contribution in [3.05, 3.63) is 35.4 Å². The smallest absolute Gasteiger partial charge is 0.377 e. The van der Waals surface area contributed by atoms with Crippen LogP contribution in [0, 0.1) is 5.92 Å². The fourth-order valence-electron chi connectivity index (χ4n) is 5.76. The third-order valence-corrected chi connectivity index (χ3v) is 10.3. The molecule has 2 N–H and O–H groups in total. The lowest BCUT2D eigenvalue weighted by Gasteiger charge is -2.54. The SMILES string of the molecule is CO[Si](CCCCCCOCc1ccc(C(ON2C(C)(C)CC(N)CC2(C)C)C(C)C)cc1)(OC)OC. The third kappa shape index (κ3) is 9.39. The van der Waals surface area contributed by atoms with Crippen molar-refractivity contribution in [2.45, 2.75) is 116 Å². The number of nitrogens with two attached hydrogens (primary N) is 1. The minimum absolute atomic E-state index is 0.0148. The minimum Gasteiger partial charge on any atom is -0.377 e. The van der Waals surface area contributed by atoms with E-state index in [2.05, 4.69) is 70.9 Å². The first-order chi connectivity index (χ1) is 17.4. The van der Waals surface area contributed by atoms with Crippen LogP contribution in [-0.4, -0.2) is 58.9 Å². The molecule has 214 valence electrons. The highest BCUT2D eigenvalue weighted by Gasteiger charge is 2.46. The van der Waals surface area contributed by atoms with Gasteiger partial charge in [-0.05, 0) is 70.4 Å². The quantitative estimate of drug-likeness (QED) is 0.197. The minimum atomic E-state index is -2.43. The number of hydrogen-bond donors (Lipinski definition) is 1. The Labute approximate surface area is 227 Å². The Morgan fingerprint density at radius 2 is 1.43 bits per heavy atom. The molecule has 0 aromatic heterocycles. The van der Waals surface area contributed by atoms with E-state index in [-0.39, 0.29) is 23.2 Å². The van der Waals surface area contributed by atoms with Gasteiger partial charge in [0.25, 0.3) is 0 Å². The van der Waals surface area contributed by atoms with Crippen molar-refractivity contribution in [2.75, 3.05) is 27.9 Å². The van der Waals surface area contributed by atoms with Crippen LogP contribution in [0.3, 0.4) is 0 Å². The molecule has 1 unspecified atom stereocenters. The van der Waals surface area contributed by atoms with E-state index >= 15 is 0 Å². The zero-order chi connectivity index (χ0) is 27.7. The summed E-state index contributed by atoms with van der Waals surface area (Å²) < 4.78 is 22.4. The monoisotopic (exact) mass is 538 g/mol. The molecule has 0 spiro atoms. The van der Waals surface area contributed by atoms with E-state index < -0.39 is 8.80 Å². The van der Waals surface area contributed by atoms with E-state index in [1.54, 1.807) is 21.3 Å². The van der Waals surface area contributed by atoms with Crippen LogP contribution in [-0.2, 0) is 29.5 Å². The van der Waals surface area contributed by atoms with Gasteiger partial charge in [0, 0.05) is 51.1 Å². The van der Waals surface area contributed by atoms with Crippen LogP contribution in [0.15, 0.2) is 24.3 Å². The first-order valence-corrected chi connectivity index (χ1v) is 15.9. The standard InChI is InChI=1S/C29H54N2O5Si/c1-23(2)27(36-31-28(3,4)20-26(30)21-29(31,5)6)25-16-14-24(15-17-25)22-35-18-12-10-11-13-19-37(32-7,33-8)34-9/h14-17,23,26-27H,10-13,18-22,30H2,1-9H3. The second-order valence-electron chi connectivity index (χ2n) is 12.1. The molecule has 1 aliphatic heterocycles. The van der Waals surface area contributed by atoms with Crippen molar-refractivity contribution in [1.29, 1.82) is 0 Å². The van der Waals surface area contributed by atoms with E-state index in [0.717, 1.165) is 51.2 Å². The van der Waals surface area contributed by atoms with Crippen LogP contribution >= 0.6 is 0 Å². The number of rotatable bonds is 16. The normalized spacial score (nSPS) is 19.4. The summed E-state index contributed by atoms with van der Waals surface area (Å²) in [5.41, 5.74) is 8.51. The van der Waals surface area contributed by atoms with Gasteiger partial charge in [0.15, 0.2) is 0 Å². The lowest BCUT2D eigenvalue weighted by molar-refractivity contribution is -0.315. The van der Waals surface area contributed by atoms with Crippen molar-refractivity contribution in [3.8, 4) is 0 Å². The molecule has 0 amide bonds. The molecular formula is C29H54N2O5Si. The van der Waals surface area contributed by atoms with Crippen LogP contribution in [0.4, 0.5) is 0 Å². The maximum absolute atomic E-state index is 6.77. The summed E-state index contributed by atoms with van der Waals surface area (Å²) in [4.78, 5) is 6.77. The Kier molecular flexibility index (Phi) is 12.7. The van der Waals surface area contributed by atoms with Crippen LogP contribution in [0.1, 0.15) is 97.3 Å². The number of benzene rings is 1. The van der Waals surface area contributed by atoms with Gasteiger partial charge in [-0.3, -0.25) is 4.84 Å². The molecule has 0 radical (unpaired) electrons. The molecule has 2 rings (SSSR count). The summed E-state index contributed by atoms with van der Waals surface area (Å²) >= 11 is 0. The van der Waals surface area contributed by atoms with Gasteiger partial charge in [-0.15, -0.1) is 0 Å². The highest BCUT2D eigenvalue weighted by molar-refractivity contribution is 6.60. The topological polar surface area (TPSA) is 75.4 Å². The number of hydrogen-bond acceptors (Lipinski definition) is 7. The van der Waals surface area contributed by atoms with Crippen LogP contribution in [0.5, 0.6) is 0 Å². The summed E-state index contributed by atoms with van der Waals surface area (Å²) in [5, 5.41) is 2.22. The van der Waals surface area contributed by atoms with Gasteiger partial charge >= 0.3 is 8.80 Å². The van der Waals surface area contributed by atoms with Crippen LogP contribution in [0.2, 0.25) is 6.04 Å². The number of hydroxylamine groups is 2. The van der Waals surface area contributed by atoms with Gasteiger partial charge in [0.05, 0.1) is 6.61 Å². The van der Waals surface area contributed by atoms with Crippen LogP contribution in [0.25, 0.3) is 0 Å². The summed E-state index contributed by atoms with van der Waals surface area (Å²) in [6, 6.07) is 9.77. The molecule has 1 aromatic carbocycles. The van der Waals surface area contributed by atoms with Gasteiger partial charge in [0.1, 0.15) is 6.10 Å². The van der Waals surface area contributed by atoms with E-state index in [1.165, 1.54) is 11.1 Å². The number of piperidine rings is 1. The van der Waals surface area contributed by atoms with Crippen LogP contribution < -0.4 is 5.73 Å². The predicted octanol–water partition coefficient (Wildman–Crippen LogP) is 6.25. The molecule has 1 atom stereocenters. The molecule has 8 heteroatoms. The van der Waals surface area contributed by atoms with Gasteiger partial charge in [-0.1, -0.05) is 51.0 Å². The van der Waals surface area contributed by atoms with Crippen molar-refractivity contribution in [2.24, 2.45) is 11.7 Å². The van der Waals surface area contributed by atoms with E-state index in [9.17, 15) is 0 Å². The number of unbranched alkanes of at least 4 members (excludes halogenated alkanes) is 3. The van der Waals surface area contributed by atoms with Gasteiger partial charge in [0.2, 0.25) is 0 Å². The Bertz CT molecular complexity index is 757. The molecule has 0 bridgehead atoms. The summed E-state index contributed by atoms with van der Waals surface area (Å²) in [5.74, 6) is 0.341. The van der Waals surface area contributed by atoms with E-state index in [4.69, 9.17) is 28.6 Å². The van der Waals surface area contributed by atoms with Crippen molar-refractivity contribution >= 4 is 8.80 Å². The van der Waals surface area contributed by atoms with Crippen molar-refractivity contribution < 1.29 is 22.9 Å². The van der Waals surface area contributed by atoms with Crippen molar-refractivity contribution in [1.82, 2.24) is 5.06 Å². The molecule has 7 nitrogen and oxygen atoms in total. The molecule has 37 heavy (non-hydrogen) atoms. The Balaban J connectivity index is 1.81. The molecule has 1 saturated heterocycles. The summed E-state index contributed by atoms with van der Waals surface area (Å²) in [6.07, 6.45) is 6.17. The average molecular weight is 539 g/mol. The highest BCUT2D eigenvalue weighted by Crippen LogP contribution is 2.41.